The fourth-order valence-electron chi connectivity index (χ4n) is 2.91. The minimum absolute atomic E-state index is 0.326. The van der Waals surface area contributed by atoms with Crippen molar-refractivity contribution in [2.75, 3.05) is 0 Å². The van der Waals surface area contributed by atoms with Gasteiger partial charge in [0, 0.05) is 18.1 Å². The molecule has 1 aromatic heterocycles. The molecule has 0 saturated carbocycles. The number of hydrogen-bond acceptors (Lipinski definition) is 1. The molecule has 2 aromatic rings. The SMILES string of the molecule is CC(Cc1cn2c3c(cccc13)CCC2)C(=O)O. The third-order valence-corrected chi connectivity index (χ3v) is 3.86. The Labute approximate surface area is 106 Å². The lowest BCUT2D eigenvalue weighted by atomic mass is 9.98. The molecule has 1 N–H and O–H groups in total. The first-order valence-corrected chi connectivity index (χ1v) is 6.49. The summed E-state index contributed by atoms with van der Waals surface area (Å²) in [5, 5.41) is 10.3. The first-order valence-electron chi connectivity index (χ1n) is 6.49. The van der Waals surface area contributed by atoms with Gasteiger partial charge in [-0.3, -0.25) is 4.79 Å². The number of carboxylic acids is 1. The number of benzene rings is 1. The lowest BCUT2D eigenvalue weighted by molar-refractivity contribution is -0.141. The summed E-state index contributed by atoms with van der Waals surface area (Å²) in [6.07, 6.45) is 5.07. The van der Waals surface area contributed by atoms with Gasteiger partial charge in [-0.15, -0.1) is 0 Å². The van der Waals surface area contributed by atoms with Gasteiger partial charge in [0.15, 0.2) is 0 Å². The Morgan fingerprint density at radius 3 is 3.11 bits per heavy atom. The van der Waals surface area contributed by atoms with Crippen LogP contribution in [0, 0.1) is 5.92 Å². The minimum atomic E-state index is -0.720. The van der Waals surface area contributed by atoms with Crippen molar-refractivity contribution in [3.05, 3.63) is 35.5 Å². The highest BCUT2D eigenvalue weighted by Crippen LogP contribution is 2.30. The number of rotatable bonds is 3. The predicted molar refractivity (Wildman–Crippen MR) is 70.8 cm³/mol. The molecule has 3 heteroatoms. The van der Waals surface area contributed by atoms with Crippen molar-refractivity contribution in [1.82, 2.24) is 4.57 Å². The van der Waals surface area contributed by atoms with E-state index in [9.17, 15) is 4.79 Å². The van der Waals surface area contributed by atoms with Crippen LogP contribution in [0.25, 0.3) is 10.9 Å². The highest BCUT2D eigenvalue weighted by Gasteiger charge is 2.19. The van der Waals surface area contributed by atoms with Gasteiger partial charge in [0.05, 0.1) is 11.4 Å². The Kier molecular flexibility index (Phi) is 2.62. The summed E-state index contributed by atoms with van der Waals surface area (Å²) in [6.45, 7) is 2.82. The minimum Gasteiger partial charge on any atom is -0.481 e. The monoisotopic (exact) mass is 243 g/mol. The van der Waals surface area contributed by atoms with Gasteiger partial charge >= 0.3 is 5.97 Å². The van der Waals surface area contributed by atoms with Gasteiger partial charge in [0.2, 0.25) is 0 Å². The van der Waals surface area contributed by atoms with Crippen LogP contribution in [-0.2, 0) is 24.2 Å². The number of hydrogen-bond donors (Lipinski definition) is 1. The summed E-state index contributed by atoms with van der Waals surface area (Å²) in [5.74, 6) is -1.05. The summed E-state index contributed by atoms with van der Waals surface area (Å²) < 4.78 is 2.29. The third kappa shape index (κ3) is 1.70. The van der Waals surface area contributed by atoms with Gasteiger partial charge in [0.1, 0.15) is 0 Å². The fraction of sp³-hybridized carbons (Fsp3) is 0.400. The molecule has 1 aliphatic rings. The van der Waals surface area contributed by atoms with Gasteiger partial charge in [0.25, 0.3) is 0 Å². The van der Waals surface area contributed by atoms with Crippen LogP contribution in [0.5, 0.6) is 0 Å². The van der Waals surface area contributed by atoms with E-state index in [0.29, 0.717) is 6.42 Å². The molecule has 0 bridgehead atoms. The van der Waals surface area contributed by atoms with Crippen molar-refractivity contribution in [1.29, 1.82) is 0 Å². The van der Waals surface area contributed by atoms with E-state index < -0.39 is 5.97 Å². The molecule has 18 heavy (non-hydrogen) atoms. The second kappa shape index (κ2) is 4.16. The molecule has 1 aliphatic heterocycles. The average Bonchev–Trinajstić information content (AvgIpc) is 2.70. The van der Waals surface area contributed by atoms with Crippen LogP contribution >= 0.6 is 0 Å². The molecule has 1 unspecified atom stereocenters. The van der Waals surface area contributed by atoms with E-state index in [2.05, 4.69) is 29.0 Å². The standard InChI is InChI=1S/C15H17NO2/c1-10(15(17)18)8-12-9-16-7-3-5-11-4-2-6-13(12)14(11)16/h2,4,6,9-10H,3,5,7-8H2,1H3,(H,17,18). The van der Waals surface area contributed by atoms with E-state index in [4.69, 9.17) is 5.11 Å². The molecule has 0 saturated heterocycles. The number of aliphatic carboxylic acids is 1. The van der Waals surface area contributed by atoms with Crippen molar-refractivity contribution < 1.29 is 9.90 Å². The Morgan fingerprint density at radius 1 is 1.50 bits per heavy atom. The molecule has 1 aromatic carbocycles. The zero-order valence-corrected chi connectivity index (χ0v) is 10.5. The van der Waals surface area contributed by atoms with Gasteiger partial charge in [-0.1, -0.05) is 25.1 Å². The van der Waals surface area contributed by atoms with Gasteiger partial charge in [-0.2, -0.15) is 0 Å². The van der Waals surface area contributed by atoms with Crippen LogP contribution in [0.15, 0.2) is 24.4 Å². The summed E-state index contributed by atoms with van der Waals surface area (Å²) >= 11 is 0. The van der Waals surface area contributed by atoms with Crippen LogP contribution in [-0.4, -0.2) is 15.6 Å². The Morgan fingerprint density at radius 2 is 2.33 bits per heavy atom. The molecule has 0 spiro atoms. The number of carbonyl (C=O) groups is 1. The molecule has 3 nitrogen and oxygen atoms in total. The summed E-state index contributed by atoms with van der Waals surface area (Å²) in [5.41, 5.74) is 3.88. The Hall–Kier alpha value is -1.77. The normalized spacial score (nSPS) is 15.8. The summed E-state index contributed by atoms with van der Waals surface area (Å²) in [4.78, 5) is 11.0. The van der Waals surface area contributed by atoms with Crippen molar-refractivity contribution in [3.8, 4) is 0 Å². The first-order chi connectivity index (χ1) is 8.66. The zero-order chi connectivity index (χ0) is 12.7. The van der Waals surface area contributed by atoms with E-state index >= 15 is 0 Å². The van der Waals surface area contributed by atoms with Crippen LogP contribution in [0.1, 0.15) is 24.5 Å². The molecular formula is C15H17NO2. The Balaban J connectivity index is 2.09. The second-order valence-corrected chi connectivity index (χ2v) is 5.21. The van der Waals surface area contributed by atoms with Crippen molar-refractivity contribution >= 4 is 16.9 Å². The van der Waals surface area contributed by atoms with E-state index in [1.54, 1.807) is 6.92 Å². The van der Waals surface area contributed by atoms with Crippen molar-refractivity contribution in [2.45, 2.75) is 32.7 Å². The second-order valence-electron chi connectivity index (χ2n) is 5.21. The third-order valence-electron chi connectivity index (χ3n) is 3.86. The van der Waals surface area contributed by atoms with Crippen molar-refractivity contribution in [3.63, 3.8) is 0 Å². The molecule has 0 aliphatic carbocycles. The van der Waals surface area contributed by atoms with E-state index in [1.807, 2.05) is 0 Å². The molecule has 3 rings (SSSR count). The van der Waals surface area contributed by atoms with Gasteiger partial charge in [-0.05, 0) is 30.4 Å². The lowest BCUT2D eigenvalue weighted by Crippen LogP contribution is -2.12. The maximum absolute atomic E-state index is 11.0. The molecule has 0 amide bonds. The molecule has 94 valence electrons. The van der Waals surface area contributed by atoms with Gasteiger partial charge < -0.3 is 9.67 Å². The first kappa shape index (κ1) is 11.3. The summed E-state index contributed by atoms with van der Waals surface area (Å²) in [6, 6.07) is 6.38. The van der Waals surface area contributed by atoms with Crippen LogP contribution < -0.4 is 0 Å². The highest BCUT2D eigenvalue weighted by molar-refractivity contribution is 5.87. The maximum atomic E-state index is 11.0. The number of aryl methyl sites for hydroxylation is 2. The lowest BCUT2D eigenvalue weighted by Gasteiger charge is -2.14. The molecule has 1 atom stereocenters. The predicted octanol–water partition coefficient (Wildman–Crippen LogP) is 2.85. The smallest absolute Gasteiger partial charge is 0.306 e. The van der Waals surface area contributed by atoms with Crippen LogP contribution in [0.4, 0.5) is 0 Å². The average molecular weight is 243 g/mol. The molecule has 0 fully saturated rings. The number of carboxylic acid groups (broad SMARTS) is 1. The fourth-order valence-corrected chi connectivity index (χ4v) is 2.91. The molecule has 0 radical (unpaired) electrons. The largest absolute Gasteiger partial charge is 0.481 e. The topological polar surface area (TPSA) is 42.2 Å². The van der Waals surface area contributed by atoms with E-state index in [0.717, 1.165) is 13.0 Å². The van der Waals surface area contributed by atoms with Crippen LogP contribution in [0.3, 0.4) is 0 Å². The van der Waals surface area contributed by atoms with Gasteiger partial charge in [-0.25, -0.2) is 0 Å². The molecule has 2 heterocycles. The Bertz CT molecular complexity index is 612. The number of para-hydroxylation sites is 1. The zero-order valence-electron chi connectivity index (χ0n) is 10.5. The van der Waals surface area contributed by atoms with Crippen LogP contribution in [0.2, 0.25) is 0 Å². The number of nitrogens with zero attached hydrogens (tertiary/aromatic N) is 1. The quantitative estimate of drug-likeness (QED) is 0.900. The number of aromatic nitrogens is 1. The molecular weight excluding hydrogens is 226 g/mol. The van der Waals surface area contributed by atoms with Crippen molar-refractivity contribution in [2.24, 2.45) is 5.92 Å². The maximum Gasteiger partial charge on any atom is 0.306 e. The van der Waals surface area contributed by atoms with E-state index in [-0.39, 0.29) is 5.92 Å². The summed E-state index contributed by atoms with van der Waals surface area (Å²) in [7, 11) is 0. The highest BCUT2D eigenvalue weighted by atomic mass is 16.4. The van der Waals surface area contributed by atoms with E-state index in [1.165, 1.54) is 28.5 Å².